The first-order valence-corrected chi connectivity index (χ1v) is 9.86. The third kappa shape index (κ3) is 6.35. The predicted octanol–water partition coefficient (Wildman–Crippen LogP) is -0.318. The van der Waals surface area contributed by atoms with Crippen LogP contribution in [0.3, 0.4) is 0 Å². The molecule has 1 amide bonds. The number of nitrogens with zero attached hydrogens (tertiary/aromatic N) is 2. The minimum absolute atomic E-state index is 0.0121. The predicted molar refractivity (Wildman–Crippen MR) is 110 cm³/mol. The summed E-state index contributed by atoms with van der Waals surface area (Å²) in [6.07, 6.45) is 1.41. The van der Waals surface area contributed by atoms with Crippen molar-refractivity contribution in [2.45, 2.75) is 6.54 Å². The van der Waals surface area contributed by atoms with Gasteiger partial charge in [-0.3, -0.25) is 14.9 Å². The van der Waals surface area contributed by atoms with Crippen molar-refractivity contribution in [1.82, 2.24) is 5.43 Å². The Bertz CT molecular complexity index is 897. The van der Waals surface area contributed by atoms with E-state index in [0.717, 1.165) is 43.3 Å². The number of halogens is 1. The molecule has 0 aliphatic carbocycles. The van der Waals surface area contributed by atoms with E-state index in [4.69, 9.17) is 11.6 Å². The van der Waals surface area contributed by atoms with E-state index in [-0.39, 0.29) is 11.6 Å². The van der Waals surface area contributed by atoms with Crippen LogP contribution in [-0.4, -0.2) is 49.8 Å². The first kappa shape index (κ1) is 20.9. The maximum absolute atomic E-state index is 12.1. The smallest absolute Gasteiger partial charge is 0.295 e. The third-order valence-electron chi connectivity index (χ3n) is 4.96. The molecule has 2 aromatic rings. The van der Waals surface area contributed by atoms with Crippen molar-refractivity contribution in [1.29, 1.82) is 0 Å². The van der Waals surface area contributed by atoms with Crippen LogP contribution >= 0.6 is 11.6 Å². The second kappa shape index (κ2) is 10.1. The molecule has 0 unspecified atom stereocenters. The molecule has 1 saturated heterocycles. The van der Waals surface area contributed by atoms with Crippen LogP contribution in [0.4, 0.5) is 5.69 Å². The number of hydrogen-bond donors (Lipinski definition) is 3. The number of carbonyl (C=O) groups is 1. The van der Waals surface area contributed by atoms with Gasteiger partial charge in [0, 0.05) is 28.3 Å². The Morgan fingerprint density at radius 2 is 1.86 bits per heavy atom. The average Bonchev–Trinajstić information content (AvgIpc) is 2.71. The molecule has 29 heavy (non-hydrogen) atoms. The van der Waals surface area contributed by atoms with Crippen LogP contribution in [0, 0.1) is 10.1 Å². The topological polar surface area (TPSA) is 93.5 Å². The van der Waals surface area contributed by atoms with Gasteiger partial charge in [-0.25, -0.2) is 5.43 Å². The quantitative estimate of drug-likeness (QED) is 0.327. The van der Waals surface area contributed by atoms with Crippen molar-refractivity contribution in [3.05, 3.63) is 74.8 Å². The summed E-state index contributed by atoms with van der Waals surface area (Å²) in [7, 11) is 0. The lowest BCUT2D eigenvalue weighted by Gasteiger charge is -2.29. The molecule has 0 bridgehead atoms. The fraction of sp³-hybridized carbons (Fsp3) is 0.300. The number of benzene rings is 2. The Hall–Kier alpha value is -2.81. The standard InChI is InChI=1S/C20H22ClN5O3/c21-19-7-2-1-5-17(19)14-24-8-10-25(11-9-24)15-20(27)23-22-13-16-4-3-6-18(12-16)26(28)29/h1-7,12-13H,8-11,14-15H2,(H,23,27)/p+2/b22-13-. The molecule has 3 rings (SSSR count). The molecule has 1 heterocycles. The number of rotatable bonds is 7. The molecule has 0 saturated carbocycles. The largest absolute Gasteiger partial charge is 0.322 e. The van der Waals surface area contributed by atoms with Gasteiger partial charge in [0.1, 0.15) is 32.7 Å². The van der Waals surface area contributed by atoms with Gasteiger partial charge in [-0.05, 0) is 6.07 Å². The summed E-state index contributed by atoms with van der Waals surface area (Å²) in [5, 5.41) is 15.5. The Morgan fingerprint density at radius 3 is 2.59 bits per heavy atom. The number of carbonyl (C=O) groups excluding carboxylic acids is 1. The summed E-state index contributed by atoms with van der Waals surface area (Å²) < 4.78 is 0. The van der Waals surface area contributed by atoms with E-state index < -0.39 is 4.92 Å². The van der Waals surface area contributed by atoms with Crippen LogP contribution < -0.4 is 15.2 Å². The van der Waals surface area contributed by atoms with Crippen molar-refractivity contribution >= 4 is 29.4 Å². The lowest BCUT2D eigenvalue weighted by Crippen LogP contribution is -3.28. The van der Waals surface area contributed by atoms with E-state index in [1.54, 1.807) is 12.1 Å². The van der Waals surface area contributed by atoms with Gasteiger partial charge >= 0.3 is 0 Å². The van der Waals surface area contributed by atoms with Gasteiger partial charge in [-0.2, -0.15) is 5.10 Å². The molecule has 3 N–H and O–H groups in total. The van der Waals surface area contributed by atoms with Gasteiger partial charge < -0.3 is 9.80 Å². The Kier molecular flexibility index (Phi) is 7.29. The summed E-state index contributed by atoms with van der Waals surface area (Å²) in [4.78, 5) is 25.1. The maximum Gasteiger partial charge on any atom is 0.295 e. The Labute approximate surface area is 173 Å². The monoisotopic (exact) mass is 417 g/mol. The van der Waals surface area contributed by atoms with Crippen LogP contribution in [0.1, 0.15) is 11.1 Å². The van der Waals surface area contributed by atoms with Crippen molar-refractivity contribution in [3.8, 4) is 0 Å². The van der Waals surface area contributed by atoms with Crippen molar-refractivity contribution in [3.63, 3.8) is 0 Å². The second-order valence-corrected chi connectivity index (χ2v) is 7.50. The molecule has 1 aliphatic heterocycles. The third-order valence-corrected chi connectivity index (χ3v) is 5.33. The summed E-state index contributed by atoms with van der Waals surface area (Å²) in [5.74, 6) is -0.170. The zero-order valence-corrected chi connectivity index (χ0v) is 16.7. The molecule has 152 valence electrons. The number of nitro benzene ring substituents is 1. The number of nitro groups is 1. The molecule has 0 spiro atoms. The number of quaternary nitrogens is 2. The minimum Gasteiger partial charge on any atom is -0.322 e. The zero-order chi connectivity index (χ0) is 20.6. The van der Waals surface area contributed by atoms with E-state index in [0.29, 0.717) is 12.1 Å². The molecular weight excluding hydrogens is 394 g/mol. The van der Waals surface area contributed by atoms with Gasteiger partial charge in [0.25, 0.3) is 11.6 Å². The first-order chi connectivity index (χ1) is 14.0. The van der Waals surface area contributed by atoms with Crippen LogP contribution in [0.25, 0.3) is 0 Å². The molecule has 8 nitrogen and oxygen atoms in total. The van der Waals surface area contributed by atoms with Gasteiger partial charge in [0.15, 0.2) is 6.54 Å². The lowest BCUT2D eigenvalue weighted by atomic mass is 10.2. The number of amides is 1. The van der Waals surface area contributed by atoms with Crippen molar-refractivity contribution < 1.29 is 19.5 Å². The zero-order valence-electron chi connectivity index (χ0n) is 15.9. The average molecular weight is 418 g/mol. The Morgan fingerprint density at radius 1 is 1.14 bits per heavy atom. The van der Waals surface area contributed by atoms with Gasteiger partial charge in [-0.1, -0.05) is 41.9 Å². The summed E-state index contributed by atoms with van der Waals surface area (Å²) >= 11 is 6.24. The fourth-order valence-corrected chi connectivity index (χ4v) is 3.59. The molecule has 0 aromatic heterocycles. The maximum atomic E-state index is 12.1. The number of non-ortho nitro benzene ring substituents is 1. The molecule has 1 fully saturated rings. The summed E-state index contributed by atoms with van der Waals surface area (Å²) in [6, 6.07) is 14.0. The number of hydrogen-bond acceptors (Lipinski definition) is 4. The normalized spacial score (nSPS) is 19.2. The molecule has 2 aromatic carbocycles. The van der Waals surface area contributed by atoms with Crippen LogP contribution in [0.2, 0.25) is 5.02 Å². The number of nitrogens with one attached hydrogen (secondary N) is 3. The van der Waals surface area contributed by atoms with Gasteiger partial charge in [-0.15, -0.1) is 0 Å². The number of piperazine rings is 1. The molecule has 0 radical (unpaired) electrons. The van der Waals surface area contributed by atoms with Crippen LogP contribution in [0.5, 0.6) is 0 Å². The molecule has 1 aliphatic rings. The van der Waals surface area contributed by atoms with E-state index in [9.17, 15) is 14.9 Å². The molecule has 9 heteroatoms. The summed E-state index contributed by atoms with van der Waals surface area (Å²) in [6.45, 7) is 5.01. The van der Waals surface area contributed by atoms with Crippen LogP contribution in [0.15, 0.2) is 53.6 Å². The highest BCUT2D eigenvalue weighted by Gasteiger charge is 2.25. The SMILES string of the molecule is O=C(C[NH+]1CC[NH+](Cc2ccccc2Cl)CC1)N/N=C\c1cccc([N+](=O)[O-])c1. The Balaban J connectivity index is 1.41. The van der Waals surface area contributed by atoms with Gasteiger partial charge in [0.2, 0.25) is 0 Å². The lowest BCUT2D eigenvalue weighted by molar-refractivity contribution is -1.02. The van der Waals surface area contributed by atoms with E-state index >= 15 is 0 Å². The number of hydrazone groups is 1. The molecular formula is C20H24ClN5O3+2. The van der Waals surface area contributed by atoms with Crippen molar-refractivity contribution in [2.24, 2.45) is 5.10 Å². The van der Waals surface area contributed by atoms with E-state index in [1.807, 2.05) is 18.2 Å². The highest BCUT2D eigenvalue weighted by atomic mass is 35.5. The highest BCUT2D eigenvalue weighted by molar-refractivity contribution is 6.31. The molecule has 0 atom stereocenters. The van der Waals surface area contributed by atoms with Gasteiger partial charge in [0.05, 0.1) is 11.1 Å². The minimum atomic E-state index is -0.466. The van der Waals surface area contributed by atoms with Crippen LogP contribution in [-0.2, 0) is 11.3 Å². The van der Waals surface area contributed by atoms with E-state index in [2.05, 4.69) is 16.6 Å². The second-order valence-electron chi connectivity index (χ2n) is 7.09. The summed E-state index contributed by atoms with van der Waals surface area (Å²) in [5.41, 5.74) is 4.20. The fourth-order valence-electron chi connectivity index (χ4n) is 3.39. The van der Waals surface area contributed by atoms with E-state index in [1.165, 1.54) is 28.1 Å². The van der Waals surface area contributed by atoms with Crippen molar-refractivity contribution in [2.75, 3.05) is 32.7 Å². The highest BCUT2D eigenvalue weighted by Crippen LogP contribution is 2.13. The first-order valence-electron chi connectivity index (χ1n) is 9.48.